The highest BCUT2D eigenvalue weighted by molar-refractivity contribution is 5.27. The van der Waals surface area contributed by atoms with Gasteiger partial charge in [-0.3, -0.25) is 4.68 Å². The Morgan fingerprint density at radius 3 is 2.47 bits per heavy atom. The van der Waals surface area contributed by atoms with Crippen LogP contribution in [0.3, 0.4) is 0 Å². The molecule has 0 saturated heterocycles. The molecule has 0 radical (unpaired) electrons. The van der Waals surface area contributed by atoms with Crippen molar-refractivity contribution in [3.63, 3.8) is 0 Å². The second-order valence-corrected chi connectivity index (χ2v) is 4.22. The zero-order chi connectivity index (χ0) is 13.9. The van der Waals surface area contributed by atoms with Crippen LogP contribution in [0.1, 0.15) is 16.7 Å². The molecule has 102 valence electrons. The number of nitrogens with zero attached hydrogens (tertiary/aromatic N) is 2. The van der Waals surface area contributed by atoms with Gasteiger partial charge in [-0.15, -0.1) is 0 Å². The van der Waals surface area contributed by atoms with Gasteiger partial charge in [0.2, 0.25) is 0 Å². The molecule has 19 heavy (non-hydrogen) atoms. The van der Waals surface area contributed by atoms with Gasteiger partial charge in [-0.2, -0.15) is 18.3 Å². The van der Waals surface area contributed by atoms with Gasteiger partial charge in [0.15, 0.2) is 0 Å². The Hall–Kier alpha value is -1.82. The average Bonchev–Trinajstić information content (AvgIpc) is 2.80. The number of nitrogens with one attached hydrogen (secondary N) is 1. The predicted octanol–water partition coefficient (Wildman–Crippen LogP) is 2.67. The molecule has 1 aromatic heterocycles. The van der Waals surface area contributed by atoms with Gasteiger partial charge in [0.05, 0.1) is 18.3 Å². The highest BCUT2D eigenvalue weighted by Gasteiger charge is 2.32. The molecule has 6 heteroatoms. The Kier molecular flexibility index (Phi) is 3.90. The van der Waals surface area contributed by atoms with E-state index in [0.29, 0.717) is 13.1 Å². The first-order chi connectivity index (χ1) is 9.00. The molecule has 0 bridgehead atoms. The monoisotopic (exact) mass is 269 g/mol. The van der Waals surface area contributed by atoms with E-state index in [1.807, 2.05) is 31.3 Å². The second kappa shape index (κ2) is 5.44. The number of aromatic nitrogens is 2. The summed E-state index contributed by atoms with van der Waals surface area (Å²) in [6.45, 7) is 0.998. The van der Waals surface area contributed by atoms with Gasteiger partial charge < -0.3 is 5.32 Å². The van der Waals surface area contributed by atoms with Crippen molar-refractivity contribution in [3.05, 3.63) is 53.3 Å². The van der Waals surface area contributed by atoms with Crippen molar-refractivity contribution in [2.45, 2.75) is 19.3 Å². The molecule has 0 amide bonds. The van der Waals surface area contributed by atoms with E-state index < -0.39 is 11.7 Å². The third kappa shape index (κ3) is 3.35. The van der Waals surface area contributed by atoms with E-state index in [9.17, 15) is 13.2 Å². The van der Waals surface area contributed by atoms with Crippen molar-refractivity contribution in [2.24, 2.45) is 0 Å². The summed E-state index contributed by atoms with van der Waals surface area (Å²) in [6, 6.07) is 7.60. The van der Waals surface area contributed by atoms with E-state index in [4.69, 9.17) is 0 Å². The number of hydrogen-bond acceptors (Lipinski definition) is 2. The van der Waals surface area contributed by atoms with Gasteiger partial charge in [0, 0.05) is 12.7 Å². The summed E-state index contributed by atoms with van der Waals surface area (Å²) in [6.07, 6.45) is -2.47. The number of hydrogen-bond donors (Lipinski definition) is 1. The minimum atomic E-state index is -4.34. The smallest absolute Gasteiger partial charge is 0.316 e. The molecule has 1 heterocycles. The van der Waals surface area contributed by atoms with Gasteiger partial charge in [0.25, 0.3) is 0 Å². The van der Waals surface area contributed by atoms with Gasteiger partial charge in [-0.1, -0.05) is 24.3 Å². The molecule has 0 aliphatic rings. The van der Waals surface area contributed by atoms with Crippen molar-refractivity contribution < 1.29 is 13.2 Å². The van der Waals surface area contributed by atoms with Crippen molar-refractivity contribution in [1.82, 2.24) is 15.1 Å². The van der Waals surface area contributed by atoms with E-state index >= 15 is 0 Å². The molecular formula is C13H14F3N3. The zero-order valence-electron chi connectivity index (χ0n) is 10.4. The molecule has 0 fully saturated rings. The molecular weight excluding hydrogens is 255 g/mol. The van der Waals surface area contributed by atoms with Crippen molar-refractivity contribution in [1.29, 1.82) is 0 Å². The van der Waals surface area contributed by atoms with Crippen molar-refractivity contribution in [2.75, 3.05) is 7.05 Å². The molecule has 1 aromatic carbocycles. The number of rotatable bonds is 4. The number of halogens is 3. The Balaban J connectivity index is 2.19. The lowest BCUT2D eigenvalue weighted by Crippen LogP contribution is -2.10. The summed E-state index contributed by atoms with van der Waals surface area (Å²) >= 11 is 0. The predicted molar refractivity (Wildman–Crippen MR) is 65.5 cm³/mol. The van der Waals surface area contributed by atoms with E-state index in [1.54, 1.807) is 0 Å². The first-order valence-electron chi connectivity index (χ1n) is 5.81. The fourth-order valence-corrected chi connectivity index (χ4v) is 1.85. The van der Waals surface area contributed by atoms with Crippen molar-refractivity contribution in [3.8, 4) is 0 Å². The topological polar surface area (TPSA) is 29.9 Å². The first-order valence-corrected chi connectivity index (χ1v) is 5.81. The van der Waals surface area contributed by atoms with E-state index in [1.165, 1.54) is 4.68 Å². The molecule has 2 aromatic rings. The number of alkyl halides is 3. The summed E-state index contributed by atoms with van der Waals surface area (Å²) in [5.41, 5.74) is 1.28. The lowest BCUT2D eigenvalue weighted by Gasteiger charge is -2.09. The first kappa shape index (κ1) is 13.6. The summed E-state index contributed by atoms with van der Waals surface area (Å²) < 4.78 is 38.7. The van der Waals surface area contributed by atoms with Crippen LogP contribution >= 0.6 is 0 Å². The standard InChI is InChI=1S/C13H14F3N3/c1-17-6-10-4-2-3-5-11(10)8-19-9-12(7-18-19)13(14,15)16/h2-5,7,9,17H,6,8H2,1H3. The maximum absolute atomic E-state index is 12.5. The van der Waals surface area contributed by atoms with Crippen molar-refractivity contribution >= 4 is 0 Å². The molecule has 0 aliphatic carbocycles. The summed E-state index contributed by atoms with van der Waals surface area (Å²) in [7, 11) is 1.83. The maximum Gasteiger partial charge on any atom is 0.419 e. The lowest BCUT2D eigenvalue weighted by atomic mass is 10.1. The van der Waals surface area contributed by atoms with Crippen LogP contribution in [0.4, 0.5) is 13.2 Å². The molecule has 3 nitrogen and oxygen atoms in total. The molecule has 0 aliphatic heterocycles. The Morgan fingerprint density at radius 2 is 1.89 bits per heavy atom. The quantitative estimate of drug-likeness (QED) is 0.924. The average molecular weight is 269 g/mol. The van der Waals surface area contributed by atoms with Crippen LogP contribution < -0.4 is 5.32 Å². The van der Waals surface area contributed by atoms with Gasteiger partial charge in [0.1, 0.15) is 0 Å². The minimum absolute atomic E-state index is 0.327. The zero-order valence-corrected chi connectivity index (χ0v) is 10.4. The minimum Gasteiger partial charge on any atom is -0.316 e. The fraction of sp³-hybridized carbons (Fsp3) is 0.308. The highest BCUT2D eigenvalue weighted by Crippen LogP contribution is 2.28. The van der Waals surface area contributed by atoms with Gasteiger partial charge in [-0.05, 0) is 18.2 Å². The van der Waals surface area contributed by atoms with E-state index in [2.05, 4.69) is 10.4 Å². The molecule has 0 saturated carbocycles. The van der Waals surface area contributed by atoms with Crippen LogP contribution in [-0.4, -0.2) is 16.8 Å². The molecule has 0 atom stereocenters. The second-order valence-electron chi connectivity index (χ2n) is 4.22. The van der Waals surface area contributed by atoms with E-state index in [-0.39, 0.29) is 0 Å². The third-order valence-corrected chi connectivity index (χ3v) is 2.78. The molecule has 1 N–H and O–H groups in total. The van der Waals surface area contributed by atoms with Crippen LogP contribution in [0.5, 0.6) is 0 Å². The molecule has 0 unspecified atom stereocenters. The summed E-state index contributed by atoms with van der Waals surface area (Å²) in [5.74, 6) is 0. The van der Waals surface area contributed by atoms with Crippen LogP contribution in [-0.2, 0) is 19.3 Å². The van der Waals surface area contributed by atoms with E-state index in [0.717, 1.165) is 23.5 Å². The maximum atomic E-state index is 12.5. The summed E-state index contributed by atoms with van der Waals surface area (Å²) in [5, 5.41) is 6.79. The number of benzene rings is 1. The lowest BCUT2D eigenvalue weighted by molar-refractivity contribution is -0.137. The summed E-state index contributed by atoms with van der Waals surface area (Å²) in [4.78, 5) is 0. The van der Waals surface area contributed by atoms with Gasteiger partial charge >= 0.3 is 6.18 Å². The Bertz CT molecular complexity index is 546. The third-order valence-electron chi connectivity index (χ3n) is 2.78. The van der Waals surface area contributed by atoms with Gasteiger partial charge in [-0.25, -0.2) is 0 Å². The molecule has 2 rings (SSSR count). The highest BCUT2D eigenvalue weighted by atomic mass is 19.4. The van der Waals surface area contributed by atoms with Crippen LogP contribution in [0.2, 0.25) is 0 Å². The van der Waals surface area contributed by atoms with Crippen LogP contribution in [0.15, 0.2) is 36.7 Å². The van der Waals surface area contributed by atoms with Crippen LogP contribution in [0, 0.1) is 0 Å². The normalized spacial score (nSPS) is 11.8. The molecule has 0 spiro atoms. The Labute approximate surface area is 109 Å². The SMILES string of the molecule is CNCc1ccccc1Cn1cc(C(F)(F)F)cn1. The van der Waals surface area contributed by atoms with Crippen LogP contribution in [0.25, 0.3) is 0 Å². The largest absolute Gasteiger partial charge is 0.419 e. The fourth-order valence-electron chi connectivity index (χ4n) is 1.85. The Morgan fingerprint density at radius 1 is 1.21 bits per heavy atom.